The first-order valence-corrected chi connectivity index (χ1v) is 7.67. The summed E-state index contributed by atoms with van der Waals surface area (Å²) in [5.41, 5.74) is 1.03. The van der Waals surface area contributed by atoms with Gasteiger partial charge in [-0.25, -0.2) is 4.99 Å². The molecule has 0 spiro atoms. The average molecular weight is 431 g/mol. The van der Waals surface area contributed by atoms with Crippen molar-refractivity contribution in [3.63, 3.8) is 0 Å². The first-order valence-electron chi connectivity index (χ1n) is 7.67. The maximum atomic E-state index is 5.41. The van der Waals surface area contributed by atoms with Crippen molar-refractivity contribution in [2.24, 2.45) is 4.99 Å². The van der Waals surface area contributed by atoms with Gasteiger partial charge in [-0.3, -0.25) is 0 Å². The molecule has 1 aliphatic rings. The fourth-order valence-corrected chi connectivity index (χ4v) is 2.40. The summed E-state index contributed by atoms with van der Waals surface area (Å²) in [5, 5.41) is 6.74. The zero-order valence-corrected chi connectivity index (χ0v) is 16.3. The van der Waals surface area contributed by atoms with Crippen LogP contribution in [-0.4, -0.2) is 32.8 Å². The minimum atomic E-state index is 0. The smallest absolute Gasteiger partial charge is 0.191 e. The van der Waals surface area contributed by atoms with Gasteiger partial charge in [0.05, 0.1) is 20.8 Å². The van der Waals surface area contributed by atoms with Crippen molar-refractivity contribution in [2.75, 3.05) is 20.8 Å². The Morgan fingerprint density at radius 3 is 2.57 bits per heavy atom. The van der Waals surface area contributed by atoms with Crippen molar-refractivity contribution >= 4 is 29.9 Å². The van der Waals surface area contributed by atoms with Crippen molar-refractivity contribution in [3.05, 3.63) is 35.9 Å². The molecule has 128 valence electrons. The molecule has 0 heterocycles. The van der Waals surface area contributed by atoms with Crippen LogP contribution in [0.3, 0.4) is 0 Å². The minimum absolute atomic E-state index is 0. The zero-order valence-electron chi connectivity index (χ0n) is 14.0. The monoisotopic (exact) mass is 431 g/mol. The van der Waals surface area contributed by atoms with E-state index in [9.17, 15) is 0 Å². The van der Waals surface area contributed by atoms with Crippen molar-refractivity contribution in [1.82, 2.24) is 10.6 Å². The summed E-state index contributed by atoms with van der Waals surface area (Å²) < 4.78 is 10.6. The molecule has 2 N–H and O–H groups in total. The van der Waals surface area contributed by atoms with Gasteiger partial charge in [0.15, 0.2) is 5.96 Å². The fourth-order valence-electron chi connectivity index (χ4n) is 2.40. The Morgan fingerprint density at radius 1 is 1.22 bits per heavy atom. The summed E-state index contributed by atoms with van der Waals surface area (Å²) in [6, 6.07) is 6.23. The van der Waals surface area contributed by atoms with Crippen molar-refractivity contribution < 1.29 is 9.47 Å². The van der Waals surface area contributed by atoms with Gasteiger partial charge in [0.25, 0.3) is 0 Å². The second kappa shape index (κ2) is 10.4. The molecule has 1 aromatic rings. The Hall–Kier alpha value is -1.44. The Kier molecular flexibility index (Phi) is 8.83. The quantitative estimate of drug-likeness (QED) is 0.315. The maximum Gasteiger partial charge on any atom is 0.191 e. The molecule has 0 aliphatic heterocycles. The number of nitrogens with one attached hydrogen (secondary N) is 2. The highest BCUT2D eigenvalue weighted by Gasteiger charge is 2.12. The molecule has 0 aromatic heterocycles. The van der Waals surface area contributed by atoms with Crippen LogP contribution in [0.5, 0.6) is 11.5 Å². The van der Waals surface area contributed by atoms with E-state index >= 15 is 0 Å². The Labute approximate surface area is 155 Å². The van der Waals surface area contributed by atoms with Crippen LogP contribution in [0.4, 0.5) is 0 Å². The normalized spacial score (nSPS) is 14.3. The van der Waals surface area contributed by atoms with E-state index < -0.39 is 0 Å². The molecular formula is C17H26IN3O2. The van der Waals surface area contributed by atoms with E-state index in [1.54, 1.807) is 14.2 Å². The average Bonchev–Trinajstić information content (AvgIpc) is 3.05. The summed E-state index contributed by atoms with van der Waals surface area (Å²) in [7, 11) is 3.31. The van der Waals surface area contributed by atoms with Crippen LogP contribution >= 0.6 is 24.0 Å². The van der Waals surface area contributed by atoms with E-state index in [2.05, 4.69) is 34.7 Å². The highest BCUT2D eigenvalue weighted by atomic mass is 127. The first-order chi connectivity index (χ1) is 10.8. The van der Waals surface area contributed by atoms with Crippen LogP contribution in [0.15, 0.2) is 35.3 Å². The highest BCUT2D eigenvalue weighted by molar-refractivity contribution is 14.0. The molecule has 0 radical (unpaired) electrons. The highest BCUT2D eigenvalue weighted by Crippen LogP contribution is 2.25. The number of hydrogen-bond donors (Lipinski definition) is 2. The molecule has 1 aromatic carbocycles. The Morgan fingerprint density at radius 2 is 1.96 bits per heavy atom. The zero-order chi connectivity index (χ0) is 15.8. The predicted octanol–water partition coefficient (Wildman–Crippen LogP) is 3.10. The molecule has 5 nitrogen and oxygen atoms in total. The van der Waals surface area contributed by atoms with Crippen LogP contribution in [0.2, 0.25) is 0 Å². The van der Waals surface area contributed by atoms with Crippen LogP contribution in [-0.2, 0) is 6.54 Å². The van der Waals surface area contributed by atoms with E-state index in [0.29, 0.717) is 12.6 Å². The minimum Gasteiger partial charge on any atom is -0.497 e. The second-order valence-corrected chi connectivity index (χ2v) is 5.16. The largest absolute Gasteiger partial charge is 0.497 e. The van der Waals surface area contributed by atoms with Gasteiger partial charge in [0.1, 0.15) is 11.5 Å². The lowest BCUT2D eigenvalue weighted by Crippen LogP contribution is -2.42. The number of guanidine groups is 1. The fraction of sp³-hybridized carbons (Fsp3) is 0.471. The third-order valence-corrected chi connectivity index (χ3v) is 3.59. The molecule has 0 amide bonds. The summed E-state index contributed by atoms with van der Waals surface area (Å²) in [5.74, 6) is 2.42. The molecule has 1 aliphatic carbocycles. The number of ether oxygens (including phenoxy) is 2. The first kappa shape index (κ1) is 19.6. The van der Waals surface area contributed by atoms with Gasteiger partial charge < -0.3 is 20.1 Å². The molecule has 0 saturated heterocycles. The van der Waals surface area contributed by atoms with E-state index in [-0.39, 0.29) is 24.0 Å². The molecule has 2 rings (SSSR count). The van der Waals surface area contributed by atoms with Crippen molar-refractivity contribution in [1.29, 1.82) is 0 Å². The lowest BCUT2D eigenvalue weighted by atomic mass is 10.2. The van der Waals surface area contributed by atoms with Crippen molar-refractivity contribution in [2.45, 2.75) is 32.4 Å². The summed E-state index contributed by atoms with van der Waals surface area (Å²) in [6.07, 6.45) is 6.51. The topological polar surface area (TPSA) is 54.9 Å². The number of hydrogen-bond acceptors (Lipinski definition) is 3. The molecular weight excluding hydrogens is 405 g/mol. The third kappa shape index (κ3) is 5.93. The van der Waals surface area contributed by atoms with Gasteiger partial charge in [0.2, 0.25) is 0 Å². The molecule has 6 heteroatoms. The van der Waals surface area contributed by atoms with Crippen molar-refractivity contribution in [3.8, 4) is 11.5 Å². The van der Waals surface area contributed by atoms with E-state index in [1.165, 1.54) is 0 Å². The molecule has 0 unspecified atom stereocenters. The molecule has 0 fully saturated rings. The van der Waals surface area contributed by atoms with Gasteiger partial charge in [-0.15, -0.1) is 24.0 Å². The van der Waals surface area contributed by atoms with Gasteiger partial charge >= 0.3 is 0 Å². The van der Waals surface area contributed by atoms with Crippen LogP contribution in [0, 0.1) is 0 Å². The van der Waals surface area contributed by atoms with Gasteiger partial charge in [-0.1, -0.05) is 12.2 Å². The van der Waals surface area contributed by atoms with Crippen LogP contribution < -0.4 is 20.1 Å². The number of aliphatic imine (C=N–C) groups is 1. The predicted molar refractivity (Wildman–Crippen MR) is 105 cm³/mol. The van der Waals surface area contributed by atoms with Gasteiger partial charge in [-0.2, -0.15) is 0 Å². The third-order valence-electron chi connectivity index (χ3n) is 3.59. The van der Waals surface area contributed by atoms with Crippen LogP contribution in [0.25, 0.3) is 0 Å². The SMILES string of the molecule is CCNC(=NCc1ccc(OC)cc1OC)NC1CC=CC1.I. The second-order valence-electron chi connectivity index (χ2n) is 5.16. The molecule has 0 saturated carbocycles. The van der Waals surface area contributed by atoms with E-state index in [0.717, 1.165) is 42.4 Å². The maximum absolute atomic E-state index is 5.41. The molecule has 0 atom stereocenters. The number of nitrogens with zero attached hydrogens (tertiary/aromatic N) is 1. The molecule has 23 heavy (non-hydrogen) atoms. The Balaban J connectivity index is 0.00000264. The number of methoxy groups -OCH3 is 2. The van der Waals surface area contributed by atoms with E-state index in [1.807, 2.05) is 18.2 Å². The van der Waals surface area contributed by atoms with Crippen LogP contribution in [0.1, 0.15) is 25.3 Å². The van der Waals surface area contributed by atoms with Gasteiger partial charge in [0, 0.05) is 24.2 Å². The summed E-state index contributed by atoms with van der Waals surface area (Å²) in [6.45, 7) is 3.46. The number of rotatable bonds is 6. The lowest BCUT2D eigenvalue weighted by molar-refractivity contribution is 0.391. The molecule has 0 bridgehead atoms. The summed E-state index contributed by atoms with van der Waals surface area (Å²) >= 11 is 0. The summed E-state index contributed by atoms with van der Waals surface area (Å²) in [4.78, 5) is 4.66. The Bertz CT molecular complexity index is 539. The van der Waals surface area contributed by atoms with Gasteiger partial charge in [-0.05, 0) is 31.9 Å². The van der Waals surface area contributed by atoms with E-state index in [4.69, 9.17) is 9.47 Å². The lowest BCUT2D eigenvalue weighted by Gasteiger charge is -2.17. The standard InChI is InChI=1S/C17H25N3O2.HI/c1-4-18-17(20-14-7-5-6-8-14)19-12-13-9-10-15(21-2)11-16(13)22-3;/h5-6,9-11,14H,4,7-8,12H2,1-3H3,(H2,18,19,20);1H. The number of halogens is 1. The number of benzene rings is 1.